The molecule has 1 aromatic rings. The molecule has 0 radical (unpaired) electrons. The lowest BCUT2D eigenvalue weighted by molar-refractivity contribution is -0.119. The summed E-state index contributed by atoms with van der Waals surface area (Å²) in [6.45, 7) is 0.838. The quantitative estimate of drug-likeness (QED) is 0.817. The number of amides is 1. The van der Waals surface area contributed by atoms with Crippen molar-refractivity contribution >= 4 is 11.9 Å². The molecule has 0 unspecified atom stereocenters. The van der Waals surface area contributed by atoms with Crippen molar-refractivity contribution in [3.8, 4) is 0 Å². The molecule has 4 nitrogen and oxygen atoms in total. The number of benzene rings is 1. The Bertz CT molecular complexity index is 418. The van der Waals surface area contributed by atoms with Gasteiger partial charge in [-0.2, -0.15) is 0 Å². The fraction of sp³-hybridized carbons (Fsp3) is 0.333. The number of carbonyl (C=O) groups excluding carboxylic acids is 2. The van der Waals surface area contributed by atoms with Crippen LogP contribution in [0.25, 0.3) is 0 Å². The predicted molar refractivity (Wildman–Crippen MR) is 60.2 cm³/mol. The Hall–Kier alpha value is -1.98. The van der Waals surface area contributed by atoms with Gasteiger partial charge in [-0.15, -0.1) is 0 Å². The van der Waals surface area contributed by atoms with Crippen molar-refractivity contribution < 1.29 is 23.1 Å². The van der Waals surface area contributed by atoms with Crippen LogP contribution in [0.1, 0.15) is 22.8 Å². The van der Waals surface area contributed by atoms with Crippen molar-refractivity contribution in [3.05, 3.63) is 35.4 Å². The first-order valence-electron chi connectivity index (χ1n) is 5.27. The predicted octanol–water partition coefficient (Wildman–Crippen LogP) is 1.74. The lowest BCUT2D eigenvalue weighted by Gasteiger charge is -2.05. The van der Waals surface area contributed by atoms with E-state index in [2.05, 4.69) is 10.1 Å². The van der Waals surface area contributed by atoms with Gasteiger partial charge in [-0.3, -0.25) is 4.79 Å². The van der Waals surface area contributed by atoms with Crippen LogP contribution in [0.3, 0.4) is 0 Å². The number of esters is 1. The number of rotatable bonds is 5. The van der Waals surface area contributed by atoms with Crippen LogP contribution in [0.5, 0.6) is 0 Å². The smallest absolute Gasteiger partial charge is 0.338 e. The summed E-state index contributed by atoms with van der Waals surface area (Å²) in [5.74, 6) is -0.947. The van der Waals surface area contributed by atoms with Gasteiger partial charge in [-0.1, -0.05) is 12.1 Å². The third-order valence-electron chi connectivity index (χ3n) is 2.07. The first kappa shape index (κ1) is 14.1. The summed E-state index contributed by atoms with van der Waals surface area (Å²) in [5, 5.41) is 2.60. The fourth-order valence-electron chi connectivity index (χ4n) is 1.21. The summed E-state index contributed by atoms with van der Waals surface area (Å²) in [5.41, 5.74) is 0.998. The molecule has 1 amide bonds. The first-order valence-corrected chi connectivity index (χ1v) is 5.27. The van der Waals surface area contributed by atoms with Crippen molar-refractivity contribution in [1.29, 1.82) is 0 Å². The maximum absolute atomic E-state index is 11.8. The lowest BCUT2D eigenvalue weighted by Crippen LogP contribution is -2.19. The van der Waals surface area contributed by atoms with E-state index in [1.165, 1.54) is 19.1 Å². The molecule has 1 N–H and O–H groups in total. The van der Waals surface area contributed by atoms with Gasteiger partial charge in [0.2, 0.25) is 5.91 Å². The normalized spacial score (nSPS) is 10.2. The maximum atomic E-state index is 11.8. The Morgan fingerprint density at radius 3 is 2.39 bits per heavy atom. The van der Waals surface area contributed by atoms with Crippen molar-refractivity contribution in [3.63, 3.8) is 0 Å². The minimum atomic E-state index is -2.67. The Morgan fingerprint density at radius 2 is 1.89 bits per heavy atom. The second-order valence-corrected chi connectivity index (χ2v) is 3.60. The highest BCUT2D eigenvalue weighted by molar-refractivity contribution is 5.89. The zero-order chi connectivity index (χ0) is 13.5. The van der Waals surface area contributed by atoms with Crippen LogP contribution in [0.15, 0.2) is 24.3 Å². The number of nitrogens with one attached hydrogen (secondary N) is 1. The molecule has 0 aliphatic rings. The molecule has 0 atom stereocenters. The lowest BCUT2D eigenvalue weighted by atomic mass is 10.1. The Labute approximate surface area is 103 Å². The number of ether oxygens (including phenoxy) is 1. The Balaban J connectivity index is 2.53. The number of carbonyl (C=O) groups is 2. The molecule has 0 aromatic heterocycles. The topological polar surface area (TPSA) is 55.4 Å². The van der Waals surface area contributed by atoms with Crippen molar-refractivity contribution in [2.24, 2.45) is 0 Å². The molecule has 0 spiro atoms. The van der Waals surface area contributed by atoms with Gasteiger partial charge >= 0.3 is 5.97 Å². The second kappa shape index (κ2) is 6.68. The molecule has 0 aliphatic heterocycles. The minimum Gasteiger partial charge on any atom is -0.456 e. The zero-order valence-corrected chi connectivity index (χ0v) is 9.78. The van der Waals surface area contributed by atoms with Gasteiger partial charge in [0, 0.05) is 13.5 Å². The van der Waals surface area contributed by atoms with E-state index in [1.54, 1.807) is 12.1 Å². The third kappa shape index (κ3) is 4.90. The van der Waals surface area contributed by atoms with Crippen LogP contribution in [0.2, 0.25) is 0 Å². The number of hydrogen-bond donors (Lipinski definition) is 1. The molecule has 0 saturated heterocycles. The van der Waals surface area contributed by atoms with Crippen molar-refractivity contribution in [2.75, 3.05) is 6.61 Å². The summed E-state index contributed by atoms with van der Waals surface area (Å²) >= 11 is 0. The third-order valence-corrected chi connectivity index (χ3v) is 2.07. The molecule has 0 fully saturated rings. The number of hydrogen-bond acceptors (Lipinski definition) is 3. The van der Waals surface area contributed by atoms with E-state index in [9.17, 15) is 18.4 Å². The van der Waals surface area contributed by atoms with E-state index < -0.39 is 19.0 Å². The van der Waals surface area contributed by atoms with E-state index in [-0.39, 0.29) is 11.5 Å². The molecule has 98 valence electrons. The monoisotopic (exact) mass is 257 g/mol. The van der Waals surface area contributed by atoms with Gasteiger partial charge in [0.1, 0.15) is 0 Å². The van der Waals surface area contributed by atoms with Crippen LogP contribution in [-0.4, -0.2) is 24.9 Å². The molecule has 18 heavy (non-hydrogen) atoms. The molecule has 0 aliphatic carbocycles. The number of halogens is 2. The van der Waals surface area contributed by atoms with E-state index in [0.29, 0.717) is 6.54 Å². The van der Waals surface area contributed by atoms with Crippen molar-refractivity contribution in [2.45, 2.75) is 19.9 Å². The molecule has 1 aromatic carbocycles. The molecular formula is C12H13F2NO3. The van der Waals surface area contributed by atoms with Crippen molar-refractivity contribution in [1.82, 2.24) is 5.32 Å². The Kier molecular flexibility index (Phi) is 5.23. The highest BCUT2D eigenvalue weighted by Gasteiger charge is 2.10. The SMILES string of the molecule is CC(=O)NCc1ccc(C(=O)OCC(F)F)cc1. The largest absolute Gasteiger partial charge is 0.456 e. The Morgan fingerprint density at radius 1 is 1.28 bits per heavy atom. The maximum Gasteiger partial charge on any atom is 0.338 e. The van der Waals surface area contributed by atoms with E-state index in [4.69, 9.17) is 0 Å². The average molecular weight is 257 g/mol. The van der Waals surface area contributed by atoms with Crippen LogP contribution >= 0.6 is 0 Å². The summed E-state index contributed by atoms with van der Waals surface area (Å²) in [4.78, 5) is 22.0. The highest BCUT2D eigenvalue weighted by Crippen LogP contribution is 2.07. The van der Waals surface area contributed by atoms with Gasteiger partial charge in [0.15, 0.2) is 6.61 Å². The van der Waals surface area contributed by atoms with Crippen LogP contribution in [0.4, 0.5) is 8.78 Å². The van der Waals surface area contributed by atoms with Gasteiger partial charge in [-0.25, -0.2) is 13.6 Å². The van der Waals surface area contributed by atoms with Gasteiger partial charge in [-0.05, 0) is 17.7 Å². The van der Waals surface area contributed by atoms with Crippen LogP contribution in [0, 0.1) is 0 Å². The summed E-state index contributed by atoms with van der Waals surface area (Å²) in [6.07, 6.45) is -2.67. The van der Waals surface area contributed by atoms with Gasteiger partial charge in [0.25, 0.3) is 6.43 Å². The molecule has 0 saturated carbocycles. The summed E-state index contributed by atoms with van der Waals surface area (Å²) in [7, 11) is 0. The van der Waals surface area contributed by atoms with E-state index in [1.807, 2.05) is 0 Å². The molecule has 0 heterocycles. The second-order valence-electron chi connectivity index (χ2n) is 3.60. The molecule has 1 rings (SSSR count). The highest BCUT2D eigenvalue weighted by atomic mass is 19.3. The molecule has 0 bridgehead atoms. The van der Waals surface area contributed by atoms with E-state index >= 15 is 0 Å². The van der Waals surface area contributed by atoms with Gasteiger partial charge < -0.3 is 10.1 Å². The van der Waals surface area contributed by atoms with Crippen LogP contribution in [-0.2, 0) is 16.1 Å². The summed E-state index contributed by atoms with van der Waals surface area (Å²) in [6, 6.07) is 6.17. The number of alkyl halides is 2. The van der Waals surface area contributed by atoms with Gasteiger partial charge in [0.05, 0.1) is 5.56 Å². The first-order chi connectivity index (χ1) is 8.49. The standard InChI is InChI=1S/C12H13F2NO3/c1-8(16)15-6-9-2-4-10(5-3-9)12(17)18-7-11(13)14/h2-5,11H,6-7H2,1H3,(H,15,16). The van der Waals surface area contributed by atoms with Crippen LogP contribution < -0.4 is 5.32 Å². The fourth-order valence-corrected chi connectivity index (χ4v) is 1.21. The molecule has 6 heteroatoms. The minimum absolute atomic E-state index is 0.157. The average Bonchev–Trinajstić information content (AvgIpc) is 2.34. The summed E-state index contributed by atoms with van der Waals surface area (Å²) < 4.78 is 28.0. The zero-order valence-electron chi connectivity index (χ0n) is 9.78. The van der Waals surface area contributed by atoms with E-state index in [0.717, 1.165) is 5.56 Å². The molecular weight excluding hydrogens is 244 g/mol.